The van der Waals surface area contributed by atoms with Gasteiger partial charge in [0.15, 0.2) is 9.84 Å². The Morgan fingerprint density at radius 1 is 1.09 bits per heavy atom. The van der Waals surface area contributed by atoms with Gasteiger partial charge in [0.1, 0.15) is 0 Å². The largest absolute Gasteiger partial charge is 0.276 e. The number of sulfone groups is 1. The van der Waals surface area contributed by atoms with Crippen LogP contribution in [0.1, 0.15) is 11.1 Å². The number of nitro benzene ring substituents is 1. The van der Waals surface area contributed by atoms with E-state index in [-0.39, 0.29) is 17.0 Å². The van der Waals surface area contributed by atoms with E-state index in [1.165, 1.54) is 24.3 Å². The van der Waals surface area contributed by atoms with E-state index in [2.05, 4.69) is 22.6 Å². The van der Waals surface area contributed by atoms with Crippen LogP contribution < -0.4 is 0 Å². The molecule has 0 N–H and O–H groups in total. The normalized spacial score (nSPS) is 11.7. The van der Waals surface area contributed by atoms with Gasteiger partial charge in [-0.2, -0.15) is 0 Å². The van der Waals surface area contributed by atoms with Crippen LogP contribution >= 0.6 is 22.6 Å². The number of nitro groups is 1. The maximum atomic E-state index is 12.1. The Morgan fingerprint density at radius 3 is 2.36 bits per heavy atom. The number of para-hydroxylation sites is 1. The lowest BCUT2D eigenvalue weighted by Gasteiger charge is -2.01. The Labute approximate surface area is 141 Å². The summed E-state index contributed by atoms with van der Waals surface area (Å²) in [5.41, 5.74) is 0.814. The summed E-state index contributed by atoms with van der Waals surface area (Å²) in [6.45, 7) is 0. The summed E-state index contributed by atoms with van der Waals surface area (Å²) in [6, 6.07) is 13.2. The van der Waals surface area contributed by atoms with E-state index in [1.54, 1.807) is 18.2 Å². The van der Waals surface area contributed by atoms with Crippen molar-refractivity contribution in [2.75, 3.05) is 0 Å². The van der Waals surface area contributed by atoms with Crippen molar-refractivity contribution in [1.29, 1.82) is 0 Å². The first-order valence-electron chi connectivity index (χ1n) is 6.26. The molecular formula is C15H12INO4S. The Kier molecular flexibility index (Phi) is 5.30. The molecule has 0 saturated carbocycles. The van der Waals surface area contributed by atoms with Crippen LogP contribution in [-0.4, -0.2) is 13.3 Å². The molecule has 7 heteroatoms. The van der Waals surface area contributed by atoms with Crippen molar-refractivity contribution in [3.8, 4) is 0 Å². The summed E-state index contributed by atoms with van der Waals surface area (Å²) in [5.74, 6) is -0.138. The highest BCUT2D eigenvalue weighted by Crippen LogP contribution is 2.20. The third-order valence-electron chi connectivity index (χ3n) is 2.87. The van der Waals surface area contributed by atoms with Gasteiger partial charge < -0.3 is 0 Å². The highest BCUT2D eigenvalue weighted by atomic mass is 127. The standard InChI is InChI=1S/C15H12INO4S/c16-14-7-5-12(6-8-14)11-22(20,21)10-9-13-3-1-2-4-15(13)17(18)19/h1-10H,11H2. The monoisotopic (exact) mass is 429 g/mol. The zero-order valence-corrected chi connectivity index (χ0v) is 14.3. The van der Waals surface area contributed by atoms with Crippen molar-refractivity contribution in [2.45, 2.75) is 5.75 Å². The fourth-order valence-electron chi connectivity index (χ4n) is 1.83. The smallest absolute Gasteiger partial charge is 0.258 e. The van der Waals surface area contributed by atoms with Gasteiger partial charge in [0.25, 0.3) is 5.69 Å². The van der Waals surface area contributed by atoms with Crippen molar-refractivity contribution in [1.82, 2.24) is 0 Å². The minimum absolute atomic E-state index is 0.122. The Morgan fingerprint density at radius 2 is 1.73 bits per heavy atom. The molecule has 5 nitrogen and oxygen atoms in total. The summed E-state index contributed by atoms with van der Waals surface area (Å²) in [7, 11) is -3.49. The summed E-state index contributed by atoms with van der Waals surface area (Å²) < 4.78 is 25.2. The van der Waals surface area contributed by atoms with Gasteiger partial charge in [-0.25, -0.2) is 8.42 Å². The maximum Gasteiger partial charge on any atom is 0.276 e. The minimum Gasteiger partial charge on any atom is -0.258 e. The molecule has 2 rings (SSSR count). The number of benzene rings is 2. The topological polar surface area (TPSA) is 77.3 Å². The molecule has 0 unspecified atom stereocenters. The van der Waals surface area contributed by atoms with Crippen LogP contribution in [0.4, 0.5) is 5.69 Å². The van der Waals surface area contributed by atoms with Crippen molar-refractivity contribution < 1.29 is 13.3 Å². The molecule has 114 valence electrons. The molecule has 0 spiro atoms. The second-order valence-corrected chi connectivity index (χ2v) is 7.68. The van der Waals surface area contributed by atoms with Crippen LogP contribution in [0.3, 0.4) is 0 Å². The number of nitrogens with zero attached hydrogens (tertiary/aromatic N) is 1. The second kappa shape index (κ2) is 7.01. The van der Waals surface area contributed by atoms with Gasteiger partial charge in [-0.1, -0.05) is 24.3 Å². The predicted octanol–water partition coefficient (Wildman–Crippen LogP) is 3.79. The maximum absolute atomic E-state index is 12.1. The molecule has 2 aromatic rings. The second-order valence-electron chi connectivity index (χ2n) is 4.55. The number of halogens is 1. The molecule has 0 amide bonds. The molecule has 0 aromatic heterocycles. The first kappa shape index (κ1) is 16.6. The van der Waals surface area contributed by atoms with Crippen LogP contribution in [-0.2, 0) is 15.6 Å². The Hall–Kier alpha value is -1.74. The fraction of sp³-hybridized carbons (Fsp3) is 0.0667. The summed E-state index contributed by atoms with van der Waals surface area (Å²) >= 11 is 2.14. The van der Waals surface area contributed by atoms with Crippen molar-refractivity contribution in [3.63, 3.8) is 0 Å². The third kappa shape index (κ3) is 4.63. The van der Waals surface area contributed by atoms with Gasteiger partial charge in [-0.05, 0) is 52.4 Å². The molecule has 0 bridgehead atoms. The molecule has 0 fully saturated rings. The highest BCUT2D eigenvalue weighted by Gasteiger charge is 2.12. The molecule has 0 atom stereocenters. The molecule has 0 aliphatic rings. The first-order chi connectivity index (χ1) is 10.4. The van der Waals surface area contributed by atoms with Crippen molar-refractivity contribution >= 4 is 44.2 Å². The van der Waals surface area contributed by atoms with Crippen LogP contribution in [0.15, 0.2) is 53.9 Å². The van der Waals surface area contributed by atoms with Crippen molar-refractivity contribution in [3.05, 3.63) is 78.8 Å². The quantitative estimate of drug-likeness (QED) is 0.412. The lowest BCUT2D eigenvalue weighted by atomic mass is 10.2. The van der Waals surface area contributed by atoms with E-state index in [4.69, 9.17) is 0 Å². The van der Waals surface area contributed by atoms with E-state index in [9.17, 15) is 18.5 Å². The number of hydrogen-bond donors (Lipinski definition) is 0. The summed E-state index contributed by atoms with van der Waals surface area (Å²) in [4.78, 5) is 10.4. The summed E-state index contributed by atoms with van der Waals surface area (Å²) in [5, 5.41) is 11.9. The zero-order chi connectivity index (χ0) is 16.2. The van der Waals surface area contributed by atoms with Gasteiger partial charge >= 0.3 is 0 Å². The van der Waals surface area contributed by atoms with Crippen molar-refractivity contribution in [2.24, 2.45) is 0 Å². The van der Waals surface area contributed by atoms with E-state index < -0.39 is 14.8 Å². The Balaban J connectivity index is 2.21. The molecule has 0 aliphatic heterocycles. The van der Waals surface area contributed by atoms with Crippen LogP contribution in [0.25, 0.3) is 6.08 Å². The average Bonchev–Trinajstić information content (AvgIpc) is 2.48. The van der Waals surface area contributed by atoms with Gasteiger partial charge in [-0.3, -0.25) is 10.1 Å². The van der Waals surface area contributed by atoms with Crippen LogP contribution in [0.2, 0.25) is 0 Å². The Bertz CT molecular complexity index is 814. The average molecular weight is 429 g/mol. The highest BCUT2D eigenvalue weighted by molar-refractivity contribution is 14.1. The molecule has 0 radical (unpaired) electrons. The first-order valence-corrected chi connectivity index (χ1v) is 9.05. The lowest BCUT2D eigenvalue weighted by Crippen LogP contribution is -2.00. The third-order valence-corrected chi connectivity index (χ3v) is 4.88. The molecule has 0 heterocycles. The molecule has 2 aromatic carbocycles. The number of hydrogen-bond acceptors (Lipinski definition) is 4. The molecule has 22 heavy (non-hydrogen) atoms. The van der Waals surface area contributed by atoms with E-state index in [1.807, 2.05) is 12.1 Å². The van der Waals surface area contributed by atoms with Gasteiger partial charge in [0.2, 0.25) is 0 Å². The molecule has 0 aliphatic carbocycles. The lowest BCUT2D eigenvalue weighted by molar-refractivity contribution is -0.385. The summed E-state index contributed by atoms with van der Waals surface area (Å²) in [6.07, 6.45) is 1.26. The van der Waals surface area contributed by atoms with E-state index >= 15 is 0 Å². The van der Waals surface area contributed by atoms with E-state index in [0.717, 1.165) is 8.98 Å². The molecule has 0 saturated heterocycles. The minimum atomic E-state index is -3.49. The number of rotatable bonds is 5. The fourth-order valence-corrected chi connectivity index (χ4v) is 3.30. The van der Waals surface area contributed by atoms with Crippen LogP contribution in [0, 0.1) is 13.7 Å². The van der Waals surface area contributed by atoms with Gasteiger partial charge in [0, 0.05) is 15.0 Å². The van der Waals surface area contributed by atoms with E-state index in [0.29, 0.717) is 5.56 Å². The molecular weight excluding hydrogens is 417 g/mol. The predicted molar refractivity (Wildman–Crippen MR) is 93.9 cm³/mol. The van der Waals surface area contributed by atoms with Crippen LogP contribution in [0.5, 0.6) is 0 Å². The SMILES string of the molecule is O=[N+]([O-])c1ccccc1C=CS(=O)(=O)Cc1ccc(I)cc1. The van der Waals surface area contributed by atoms with Gasteiger partial charge in [-0.15, -0.1) is 0 Å². The van der Waals surface area contributed by atoms with Gasteiger partial charge in [0.05, 0.1) is 16.2 Å². The zero-order valence-electron chi connectivity index (χ0n) is 11.3.